The Hall–Kier alpha value is -2.52. The van der Waals surface area contributed by atoms with Crippen LogP contribution in [-0.2, 0) is 15.4 Å². The van der Waals surface area contributed by atoms with Crippen molar-refractivity contribution >= 4 is 38.9 Å². The van der Waals surface area contributed by atoms with Crippen molar-refractivity contribution in [3.63, 3.8) is 0 Å². The monoisotopic (exact) mass is 478 g/mol. The molecule has 2 aliphatic heterocycles. The van der Waals surface area contributed by atoms with E-state index in [0.717, 1.165) is 0 Å². The fourth-order valence-corrected chi connectivity index (χ4v) is 7.59. The van der Waals surface area contributed by atoms with Crippen LogP contribution in [0.2, 0.25) is 5.02 Å². The lowest BCUT2D eigenvalue weighted by atomic mass is 9.82. The number of fused-ring (bicyclic) bond motifs is 2. The number of hydrogen-bond donors (Lipinski definition) is 2. The largest absolute Gasteiger partial charge is 0.386 e. The molecular weight excluding hydrogens is 455 g/mol. The second-order valence-corrected chi connectivity index (χ2v) is 11.8. The van der Waals surface area contributed by atoms with E-state index >= 15 is 4.39 Å². The summed E-state index contributed by atoms with van der Waals surface area (Å²) in [5.74, 6) is -1.12. The average molecular weight is 479 g/mol. The number of nitrogens with two attached hydrogens (primary N) is 1. The molecule has 2 bridgehead atoms. The number of aromatic nitrogens is 1. The lowest BCUT2D eigenvalue weighted by molar-refractivity contribution is 0.102. The molecule has 170 valence electrons. The number of aliphatic imine (C=N–C) groups is 1. The van der Waals surface area contributed by atoms with Gasteiger partial charge in [-0.2, -0.15) is 0 Å². The number of carbonyl (C=O) groups excluding carboxylic acids is 1. The highest BCUT2D eigenvalue weighted by atomic mass is 35.5. The zero-order valence-electron chi connectivity index (χ0n) is 17.9. The average Bonchev–Trinajstić information content (AvgIpc) is 2.70. The summed E-state index contributed by atoms with van der Waals surface area (Å²) in [4.78, 5) is 21.3. The quantitative estimate of drug-likeness (QED) is 0.697. The maximum absolute atomic E-state index is 15.0. The number of pyridine rings is 1. The van der Waals surface area contributed by atoms with Gasteiger partial charge in [0, 0.05) is 17.4 Å². The smallest absolute Gasteiger partial charge is 0.274 e. The summed E-state index contributed by atoms with van der Waals surface area (Å²) in [6.07, 6.45) is 2.76. The molecule has 1 saturated heterocycles. The summed E-state index contributed by atoms with van der Waals surface area (Å²) in [7, 11) is -3.71. The Morgan fingerprint density at radius 2 is 2.03 bits per heavy atom. The fraction of sp³-hybridized carbons (Fsp3) is 0.409. The maximum Gasteiger partial charge on any atom is 0.274 e. The predicted octanol–water partition coefficient (Wildman–Crippen LogP) is 3.75. The molecule has 0 radical (unpaired) electrons. The van der Waals surface area contributed by atoms with Gasteiger partial charge in [-0.3, -0.25) is 9.79 Å². The van der Waals surface area contributed by atoms with Crippen LogP contribution >= 0.6 is 11.6 Å². The van der Waals surface area contributed by atoms with Gasteiger partial charge in [0.1, 0.15) is 27.6 Å². The van der Waals surface area contributed by atoms with Gasteiger partial charge in [-0.15, -0.1) is 0 Å². The van der Waals surface area contributed by atoms with Crippen molar-refractivity contribution < 1.29 is 17.6 Å². The summed E-state index contributed by atoms with van der Waals surface area (Å²) in [5.41, 5.74) is 5.85. The first kappa shape index (κ1) is 22.7. The molecule has 3 heterocycles. The molecule has 1 amide bonds. The molecule has 2 aromatic rings. The second kappa shape index (κ2) is 7.52. The van der Waals surface area contributed by atoms with E-state index in [1.54, 1.807) is 26.8 Å². The van der Waals surface area contributed by atoms with Crippen LogP contribution in [-0.4, -0.2) is 35.1 Å². The molecule has 32 heavy (non-hydrogen) atoms. The molecule has 1 fully saturated rings. The lowest BCUT2D eigenvalue weighted by Crippen LogP contribution is -2.63. The minimum atomic E-state index is -3.71. The first-order valence-electron chi connectivity index (χ1n) is 10.2. The van der Waals surface area contributed by atoms with Crippen molar-refractivity contribution in [2.24, 2.45) is 10.7 Å². The van der Waals surface area contributed by atoms with Gasteiger partial charge >= 0.3 is 0 Å². The predicted molar refractivity (Wildman–Crippen MR) is 122 cm³/mol. The summed E-state index contributed by atoms with van der Waals surface area (Å²) in [6, 6.07) is 5.63. The summed E-state index contributed by atoms with van der Waals surface area (Å²) >= 11 is 5.90. The van der Waals surface area contributed by atoms with Gasteiger partial charge in [0.2, 0.25) is 0 Å². The molecule has 0 unspecified atom stereocenters. The van der Waals surface area contributed by atoms with E-state index in [0.29, 0.717) is 35.5 Å². The second-order valence-electron chi connectivity index (χ2n) is 8.77. The zero-order valence-corrected chi connectivity index (χ0v) is 19.5. The number of benzene rings is 1. The topological polar surface area (TPSA) is 115 Å². The van der Waals surface area contributed by atoms with E-state index in [1.807, 2.05) is 0 Å². The molecule has 7 nitrogen and oxygen atoms in total. The zero-order chi connectivity index (χ0) is 23.5. The third-order valence-electron chi connectivity index (χ3n) is 6.67. The number of anilines is 1. The fourth-order valence-electron chi connectivity index (χ4n) is 4.73. The van der Waals surface area contributed by atoms with Crippen molar-refractivity contribution in [3.8, 4) is 0 Å². The molecule has 0 aliphatic carbocycles. The molecule has 1 aromatic carbocycles. The standard InChI is InChI=1S/C22H24ClFN4O3S/c1-12-9-13(23)11-26-18(12)19(29)27-14-6-7-16(24)15(10-14)22(3)17-5-4-8-21(2,20(25)28-22)32(17,30)31/h6-7,9-11,17H,4-5,8H2,1-3H3,(H2,25,28)(H,27,29)/t17-,21+,22-/m1/s1. The number of halogens is 2. The van der Waals surface area contributed by atoms with E-state index in [1.165, 1.54) is 24.4 Å². The number of aryl methyl sites for hydroxylation is 1. The van der Waals surface area contributed by atoms with Crippen molar-refractivity contribution in [2.75, 3.05) is 5.32 Å². The molecule has 0 saturated carbocycles. The Morgan fingerprint density at radius 1 is 1.31 bits per heavy atom. The maximum atomic E-state index is 15.0. The first-order valence-corrected chi connectivity index (χ1v) is 12.2. The molecule has 1 aromatic heterocycles. The minimum absolute atomic E-state index is 0.00854. The lowest BCUT2D eigenvalue weighted by Gasteiger charge is -2.48. The number of hydrogen-bond acceptors (Lipinski definition) is 6. The highest BCUT2D eigenvalue weighted by Gasteiger charge is 2.60. The molecule has 2 aliphatic rings. The Balaban J connectivity index is 1.76. The molecule has 10 heteroatoms. The number of sulfone groups is 1. The van der Waals surface area contributed by atoms with Gasteiger partial charge in [0.05, 0.1) is 10.3 Å². The Labute approximate surface area is 191 Å². The number of nitrogens with zero attached hydrogens (tertiary/aromatic N) is 2. The highest BCUT2D eigenvalue weighted by Crippen LogP contribution is 2.49. The van der Waals surface area contributed by atoms with Crippen molar-refractivity contribution in [1.29, 1.82) is 0 Å². The van der Waals surface area contributed by atoms with Crippen LogP contribution in [0.3, 0.4) is 0 Å². The van der Waals surface area contributed by atoms with E-state index < -0.39 is 37.1 Å². The van der Waals surface area contributed by atoms with E-state index in [2.05, 4.69) is 15.3 Å². The Bertz CT molecular complexity index is 1270. The number of amidine groups is 1. The van der Waals surface area contributed by atoms with E-state index in [4.69, 9.17) is 17.3 Å². The minimum Gasteiger partial charge on any atom is -0.386 e. The summed E-state index contributed by atoms with van der Waals surface area (Å²) < 4.78 is 40.5. The molecule has 3 atom stereocenters. The van der Waals surface area contributed by atoms with Gasteiger partial charge in [0.15, 0.2) is 9.84 Å². The SMILES string of the molecule is Cc1cc(Cl)cnc1C(=O)Nc1ccc(F)c([C@@]2(C)N=C(N)[C@]3(C)CCC[C@H]2S3(=O)=O)c1. The molecule has 3 N–H and O–H groups in total. The summed E-state index contributed by atoms with van der Waals surface area (Å²) in [6.45, 7) is 4.87. The molecular formula is C22H24ClFN4O3S. The third kappa shape index (κ3) is 3.29. The van der Waals surface area contributed by atoms with Crippen molar-refractivity contribution in [3.05, 3.63) is 58.1 Å². The normalized spacial score (nSPS) is 28.7. The van der Waals surface area contributed by atoms with Crippen molar-refractivity contribution in [1.82, 2.24) is 4.98 Å². The van der Waals surface area contributed by atoms with Gasteiger partial charge < -0.3 is 11.1 Å². The third-order valence-corrected chi connectivity index (χ3v) is 9.99. The van der Waals surface area contributed by atoms with Crippen LogP contribution in [0.4, 0.5) is 10.1 Å². The summed E-state index contributed by atoms with van der Waals surface area (Å²) in [5, 5.41) is 2.19. The van der Waals surface area contributed by atoms with Gasteiger partial charge in [-0.25, -0.2) is 17.8 Å². The van der Waals surface area contributed by atoms with Crippen LogP contribution in [0.1, 0.15) is 54.7 Å². The molecule has 4 rings (SSSR count). The van der Waals surface area contributed by atoms with Crippen LogP contribution < -0.4 is 11.1 Å². The highest BCUT2D eigenvalue weighted by molar-refractivity contribution is 7.94. The van der Waals surface area contributed by atoms with Crippen LogP contribution in [0.25, 0.3) is 0 Å². The van der Waals surface area contributed by atoms with Crippen molar-refractivity contribution in [2.45, 2.75) is 55.6 Å². The number of nitrogens with one attached hydrogen (secondary N) is 1. The van der Waals surface area contributed by atoms with E-state index in [9.17, 15) is 13.2 Å². The Morgan fingerprint density at radius 3 is 2.72 bits per heavy atom. The number of amides is 1. The number of rotatable bonds is 3. The Kier molecular flexibility index (Phi) is 5.33. The van der Waals surface area contributed by atoms with Gasteiger partial charge in [-0.1, -0.05) is 18.0 Å². The van der Waals surface area contributed by atoms with Crippen LogP contribution in [0.5, 0.6) is 0 Å². The van der Waals surface area contributed by atoms with Crippen LogP contribution in [0, 0.1) is 12.7 Å². The van der Waals surface area contributed by atoms with E-state index in [-0.39, 0.29) is 17.1 Å². The first-order chi connectivity index (χ1) is 14.9. The molecule has 0 spiro atoms. The van der Waals surface area contributed by atoms with Gasteiger partial charge in [-0.05, 0) is 63.4 Å². The number of carbonyl (C=O) groups is 1. The van der Waals surface area contributed by atoms with Gasteiger partial charge in [0.25, 0.3) is 5.91 Å². The van der Waals surface area contributed by atoms with Crippen LogP contribution in [0.15, 0.2) is 35.5 Å².